The molecule has 0 N–H and O–H groups in total. The number of carbonyl (C=O) groups is 1. The smallest absolute Gasteiger partial charge is 0.370 e. The summed E-state index contributed by atoms with van der Waals surface area (Å²) < 4.78 is 98.7. The topological polar surface area (TPSA) is 83.0 Å². The third-order valence-corrected chi connectivity index (χ3v) is 8.44. The third kappa shape index (κ3) is 5.99. The molecule has 0 amide bonds. The van der Waals surface area contributed by atoms with Crippen molar-refractivity contribution in [3.8, 4) is 0 Å². The number of aromatic nitrogens is 1. The minimum absolute atomic E-state index is 0.0722. The van der Waals surface area contributed by atoms with Gasteiger partial charge in [0, 0.05) is 49.4 Å². The van der Waals surface area contributed by atoms with Crippen LogP contribution in [-0.4, -0.2) is 56.0 Å². The SMILES string of the molecule is Cc1c(N(C)[C@H]2CCN(Cc3ccccc3)C2)cc(F)c(S(=O)(=O)N(OC(=O)C(F)(F)F)c2ccsn2)c1F. The molecule has 0 radical (unpaired) electrons. The molecule has 2 heterocycles. The van der Waals surface area contributed by atoms with E-state index in [1.54, 1.807) is 11.9 Å². The molecule has 4 rings (SSSR count). The van der Waals surface area contributed by atoms with Crippen molar-refractivity contribution < 1.29 is 40.0 Å². The number of sulfonamides is 1. The molecule has 3 aromatic rings. The van der Waals surface area contributed by atoms with E-state index in [9.17, 15) is 26.4 Å². The lowest BCUT2D eigenvalue weighted by atomic mass is 10.1. The van der Waals surface area contributed by atoms with Gasteiger partial charge in [-0.2, -0.15) is 26.0 Å². The Morgan fingerprint density at radius 3 is 2.51 bits per heavy atom. The molecular weight excluding hydrogens is 567 g/mol. The van der Waals surface area contributed by atoms with Crippen LogP contribution in [-0.2, 0) is 26.2 Å². The molecule has 2 aromatic carbocycles. The van der Waals surface area contributed by atoms with Crippen molar-refractivity contribution in [2.75, 3.05) is 29.5 Å². The average molecular weight is 591 g/mol. The summed E-state index contributed by atoms with van der Waals surface area (Å²) in [5.74, 6) is -6.78. The Bertz CT molecular complexity index is 1440. The Morgan fingerprint density at radius 1 is 1.21 bits per heavy atom. The highest BCUT2D eigenvalue weighted by molar-refractivity contribution is 7.92. The largest absolute Gasteiger partial charge is 0.493 e. The lowest BCUT2D eigenvalue weighted by Crippen LogP contribution is -2.40. The van der Waals surface area contributed by atoms with Crippen molar-refractivity contribution in [1.29, 1.82) is 0 Å². The zero-order chi connectivity index (χ0) is 28.5. The van der Waals surface area contributed by atoms with Crippen LogP contribution in [0.3, 0.4) is 0 Å². The van der Waals surface area contributed by atoms with E-state index in [1.807, 2.05) is 30.3 Å². The van der Waals surface area contributed by atoms with Gasteiger partial charge in [-0.15, -0.1) is 0 Å². The third-order valence-electron chi connectivity index (χ3n) is 6.30. The van der Waals surface area contributed by atoms with Crippen molar-refractivity contribution in [2.45, 2.75) is 37.0 Å². The van der Waals surface area contributed by atoms with Crippen molar-refractivity contribution in [1.82, 2.24) is 9.27 Å². The molecule has 15 heteroatoms. The van der Waals surface area contributed by atoms with Gasteiger partial charge in [0.15, 0.2) is 16.5 Å². The summed E-state index contributed by atoms with van der Waals surface area (Å²) >= 11 is 0.619. The van der Waals surface area contributed by atoms with E-state index in [-0.39, 0.29) is 17.3 Å². The first-order chi connectivity index (χ1) is 18.3. The number of carbonyl (C=O) groups excluding carboxylic acids is 1. The first kappa shape index (κ1) is 28.7. The van der Waals surface area contributed by atoms with Crippen LogP contribution in [0, 0.1) is 18.6 Å². The number of likely N-dealkylation sites (N-methyl/N-ethyl adjacent to an activating group) is 1. The summed E-state index contributed by atoms with van der Waals surface area (Å²) in [7, 11) is -3.89. The van der Waals surface area contributed by atoms with Crippen LogP contribution >= 0.6 is 11.5 Å². The minimum atomic E-state index is -5.58. The predicted molar refractivity (Wildman–Crippen MR) is 134 cm³/mol. The maximum Gasteiger partial charge on any atom is 0.493 e. The van der Waals surface area contributed by atoms with Gasteiger partial charge in [0.2, 0.25) is 0 Å². The summed E-state index contributed by atoms with van der Waals surface area (Å²) in [5.41, 5.74) is 0.932. The first-order valence-corrected chi connectivity index (χ1v) is 13.8. The van der Waals surface area contributed by atoms with E-state index in [2.05, 4.69) is 14.1 Å². The van der Waals surface area contributed by atoms with Crippen LogP contribution in [0.1, 0.15) is 17.5 Å². The van der Waals surface area contributed by atoms with Crippen LogP contribution < -0.4 is 9.37 Å². The molecule has 0 saturated carbocycles. The second-order valence-electron chi connectivity index (χ2n) is 8.89. The zero-order valence-corrected chi connectivity index (χ0v) is 22.3. The molecule has 0 bridgehead atoms. The Morgan fingerprint density at radius 2 is 1.90 bits per heavy atom. The maximum atomic E-state index is 15.5. The summed E-state index contributed by atoms with van der Waals surface area (Å²) in [6.07, 6.45) is -4.91. The van der Waals surface area contributed by atoms with Gasteiger partial charge < -0.3 is 9.74 Å². The molecule has 1 aliphatic heterocycles. The van der Waals surface area contributed by atoms with Crippen LogP contribution in [0.15, 0.2) is 52.7 Å². The van der Waals surface area contributed by atoms with Crippen LogP contribution in [0.25, 0.3) is 0 Å². The molecule has 1 aliphatic rings. The van der Waals surface area contributed by atoms with Gasteiger partial charge in [0.25, 0.3) is 0 Å². The number of rotatable bonds is 8. The molecule has 1 atom stereocenters. The average Bonchev–Trinajstić information content (AvgIpc) is 3.56. The van der Waals surface area contributed by atoms with Gasteiger partial charge in [0.1, 0.15) is 5.82 Å². The Kier molecular flexibility index (Phi) is 8.14. The van der Waals surface area contributed by atoms with E-state index in [0.717, 1.165) is 24.2 Å². The number of nitrogens with zero attached hydrogens (tertiary/aromatic N) is 4. The van der Waals surface area contributed by atoms with Crippen LogP contribution in [0.4, 0.5) is 33.5 Å². The quantitative estimate of drug-likeness (QED) is 0.279. The van der Waals surface area contributed by atoms with Gasteiger partial charge in [-0.3, -0.25) is 4.90 Å². The standard InChI is InChI=1S/C24H23F5N4O4S2/c1-15-19(31(2)17-8-10-32(14-17)13-16-6-4-3-5-7-16)12-18(25)22(21(15)26)39(35,36)33(20-9-11-38-30-20)37-23(34)24(27,28)29/h3-7,9,11-12,17H,8,10,13-14H2,1-2H3/t17-/m0/s1. The van der Waals surface area contributed by atoms with Gasteiger partial charge in [-0.05, 0) is 42.6 Å². The zero-order valence-electron chi connectivity index (χ0n) is 20.7. The molecule has 210 valence electrons. The maximum absolute atomic E-state index is 15.5. The molecule has 0 unspecified atom stereocenters. The van der Waals surface area contributed by atoms with Crippen molar-refractivity contribution >= 4 is 39.0 Å². The Balaban J connectivity index is 1.63. The number of benzene rings is 2. The van der Waals surface area contributed by atoms with Crippen LogP contribution in [0.5, 0.6) is 0 Å². The van der Waals surface area contributed by atoms with Gasteiger partial charge in [0.05, 0.1) is 0 Å². The Hall–Kier alpha value is -3.30. The minimum Gasteiger partial charge on any atom is -0.370 e. The molecule has 1 fully saturated rings. The van der Waals surface area contributed by atoms with Crippen LogP contribution in [0.2, 0.25) is 0 Å². The van der Waals surface area contributed by atoms with Gasteiger partial charge in [-0.25, -0.2) is 13.6 Å². The number of anilines is 2. The van der Waals surface area contributed by atoms with Crippen molar-refractivity contribution in [3.05, 3.63) is 70.6 Å². The fraction of sp³-hybridized carbons (Fsp3) is 0.333. The Labute approximate surface area is 225 Å². The normalized spacial score (nSPS) is 16.3. The second-order valence-corrected chi connectivity index (χ2v) is 11.2. The number of hydrogen-bond acceptors (Lipinski definition) is 8. The molecular formula is C24H23F5N4O4S2. The molecule has 0 aliphatic carbocycles. The number of likely N-dealkylation sites (tertiary alicyclic amines) is 1. The highest BCUT2D eigenvalue weighted by atomic mass is 32.2. The lowest BCUT2D eigenvalue weighted by Gasteiger charge is -2.29. The number of halogens is 5. The number of alkyl halides is 3. The summed E-state index contributed by atoms with van der Waals surface area (Å²) in [6.45, 7) is 3.23. The molecule has 0 spiro atoms. The predicted octanol–water partition coefficient (Wildman–Crippen LogP) is 4.66. The number of hydrogen-bond donors (Lipinski definition) is 0. The van der Waals surface area contributed by atoms with Gasteiger partial charge in [-0.1, -0.05) is 34.8 Å². The molecule has 39 heavy (non-hydrogen) atoms. The second kappa shape index (κ2) is 11.1. The highest BCUT2D eigenvalue weighted by Gasteiger charge is 2.46. The fourth-order valence-electron chi connectivity index (χ4n) is 4.32. The highest BCUT2D eigenvalue weighted by Crippen LogP contribution is 2.35. The molecule has 1 aromatic heterocycles. The summed E-state index contributed by atoms with van der Waals surface area (Å²) in [6, 6.07) is 11.3. The summed E-state index contributed by atoms with van der Waals surface area (Å²) in [5, 5.41) is 1.18. The van der Waals surface area contributed by atoms with E-state index in [4.69, 9.17) is 0 Å². The first-order valence-electron chi connectivity index (χ1n) is 11.5. The van der Waals surface area contributed by atoms with E-state index < -0.39 is 49.0 Å². The van der Waals surface area contributed by atoms with E-state index in [1.165, 1.54) is 12.3 Å². The fourth-order valence-corrected chi connectivity index (χ4v) is 6.23. The van der Waals surface area contributed by atoms with Crippen molar-refractivity contribution in [2.24, 2.45) is 0 Å². The van der Waals surface area contributed by atoms with E-state index in [0.29, 0.717) is 31.0 Å². The lowest BCUT2D eigenvalue weighted by molar-refractivity contribution is -0.199. The van der Waals surface area contributed by atoms with Gasteiger partial charge >= 0.3 is 22.2 Å². The molecule has 8 nitrogen and oxygen atoms in total. The monoisotopic (exact) mass is 590 g/mol. The summed E-state index contributed by atoms with van der Waals surface area (Å²) in [4.78, 5) is 17.7. The molecule has 1 saturated heterocycles. The van der Waals surface area contributed by atoms with E-state index >= 15 is 8.78 Å². The van der Waals surface area contributed by atoms with Crippen molar-refractivity contribution in [3.63, 3.8) is 0 Å².